The first kappa shape index (κ1) is 18.2. The zero-order valence-corrected chi connectivity index (χ0v) is 14.3. The van der Waals surface area contributed by atoms with Crippen LogP contribution in [0, 0.1) is 11.6 Å². The summed E-state index contributed by atoms with van der Waals surface area (Å²) in [7, 11) is 1.28. The minimum absolute atomic E-state index is 0.0162. The summed E-state index contributed by atoms with van der Waals surface area (Å²) in [4.78, 5) is 24.5. The molecule has 2 aromatic heterocycles. The van der Waals surface area contributed by atoms with Crippen molar-refractivity contribution in [1.29, 1.82) is 0 Å². The molecule has 1 atom stereocenters. The maximum atomic E-state index is 13.4. The van der Waals surface area contributed by atoms with E-state index in [-0.39, 0.29) is 11.4 Å². The average molecular weight is 375 g/mol. The number of ether oxygens (including phenoxy) is 1. The number of nitrogens with zero attached hydrogens (tertiary/aromatic N) is 5. The van der Waals surface area contributed by atoms with Gasteiger partial charge in [0.2, 0.25) is 0 Å². The topological polar surface area (TPSA) is 107 Å². The molecule has 1 aromatic carbocycles. The number of benzene rings is 1. The van der Waals surface area contributed by atoms with Crippen molar-refractivity contribution in [2.45, 2.75) is 13.0 Å². The number of amides is 2. The van der Waals surface area contributed by atoms with Crippen LogP contribution in [0.15, 0.2) is 36.9 Å². The van der Waals surface area contributed by atoms with Gasteiger partial charge in [0, 0.05) is 24.5 Å². The first-order chi connectivity index (χ1) is 13.0. The molecule has 3 aromatic rings. The van der Waals surface area contributed by atoms with Gasteiger partial charge in [-0.2, -0.15) is 9.78 Å². The van der Waals surface area contributed by atoms with Crippen molar-refractivity contribution in [3.8, 4) is 11.7 Å². The van der Waals surface area contributed by atoms with Crippen LogP contribution < -0.4 is 15.4 Å². The lowest BCUT2D eigenvalue weighted by Gasteiger charge is -2.16. The fourth-order valence-electron chi connectivity index (χ4n) is 2.32. The van der Waals surface area contributed by atoms with Gasteiger partial charge in [0.1, 0.15) is 12.1 Å². The molecule has 140 valence electrons. The third-order valence-corrected chi connectivity index (χ3v) is 3.54. The third-order valence-electron chi connectivity index (χ3n) is 3.54. The lowest BCUT2D eigenvalue weighted by Crippen LogP contribution is -2.33. The molecule has 3 rings (SSSR count). The first-order valence-electron chi connectivity index (χ1n) is 7.77. The van der Waals surface area contributed by atoms with Crippen LogP contribution in [0.2, 0.25) is 0 Å². The maximum Gasteiger partial charge on any atom is 0.319 e. The molecule has 2 heterocycles. The van der Waals surface area contributed by atoms with Crippen LogP contribution in [-0.4, -0.2) is 37.9 Å². The van der Waals surface area contributed by atoms with E-state index < -0.39 is 23.7 Å². The highest BCUT2D eigenvalue weighted by Gasteiger charge is 2.19. The van der Waals surface area contributed by atoms with E-state index in [1.807, 2.05) is 0 Å². The molecule has 2 N–H and O–H groups in total. The van der Waals surface area contributed by atoms with Gasteiger partial charge in [0.15, 0.2) is 17.5 Å². The summed E-state index contributed by atoms with van der Waals surface area (Å²) >= 11 is 0. The van der Waals surface area contributed by atoms with E-state index in [9.17, 15) is 13.6 Å². The first-order valence-corrected chi connectivity index (χ1v) is 7.77. The van der Waals surface area contributed by atoms with Crippen LogP contribution in [-0.2, 0) is 0 Å². The number of nitrogens with one attached hydrogen (secondary N) is 2. The van der Waals surface area contributed by atoms with E-state index in [0.29, 0.717) is 11.8 Å². The fourth-order valence-corrected chi connectivity index (χ4v) is 2.32. The lowest BCUT2D eigenvalue weighted by molar-refractivity contribution is 0.248. The standard InChI is InChI=1S/C16H15F2N7O2/c1-9(14-21-8-22-25(14)15-19-4-3-5-20-15)23-16(26)24-12-6-10(17)11(18)7-13(12)27-2/h3-9H,1-2H3,(H2,23,24,26)/t9-/m0/s1. The second-order valence-electron chi connectivity index (χ2n) is 5.37. The third kappa shape index (κ3) is 3.97. The van der Waals surface area contributed by atoms with E-state index in [2.05, 4.69) is 30.7 Å². The molecule has 9 nitrogen and oxygen atoms in total. The van der Waals surface area contributed by atoms with Crippen molar-refractivity contribution < 1.29 is 18.3 Å². The number of anilines is 1. The molecular weight excluding hydrogens is 360 g/mol. The zero-order valence-electron chi connectivity index (χ0n) is 14.3. The lowest BCUT2D eigenvalue weighted by atomic mass is 10.2. The smallest absolute Gasteiger partial charge is 0.319 e. The number of rotatable bonds is 5. The summed E-state index contributed by atoms with van der Waals surface area (Å²) in [5.74, 6) is -1.53. The molecule has 2 amide bonds. The van der Waals surface area contributed by atoms with Crippen LogP contribution in [0.5, 0.6) is 5.75 Å². The molecule has 0 radical (unpaired) electrons. The summed E-state index contributed by atoms with van der Waals surface area (Å²) in [5, 5.41) is 9.08. The Morgan fingerprint density at radius 2 is 1.89 bits per heavy atom. The van der Waals surface area contributed by atoms with Crippen LogP contribution in [0.1, 0.15) is 18.8 Å². The molecule has 0 spiro atoms. The molecule has 0 saturated heterocycles. The van der Waals surface area contributed by atoms with Crippen LogP contribution in [0.4, 0.5) is 19.3 Å². The Kier molecular flexibility index (Phi) is 5.20. The Morgan fingerprint density at radius 1 is 1.19 bits per heavy atom. The van der Waals surface area contributed by atoms with Gasteiger partial charge in [-0.25, -0.2) is 28.5 Å². The molecule has 0 saturated carbocycles. The number of carbonyl (C=O) groups excluding carboxylic acids is 1. The van der Waals surface area contributed by atoms with E-state index in [0.717, 1.165) is 12.1 Å². The van der Waals surface area contributed by atoms with Crippen molar-refractivity contribution in [3.63, 3.8) is 0 Å². The second-order valence-corrected chi connectivity index (χ2v) is 5.37. The predicted octanol–water partition coefficient (Wildman–Crippen LogP) is 2.23. The number of carbonyl (C=O) groups is 1. The van der Waals surface area contributed by atoms with Gasteiger partial charge in [-0.15, -0.1) is 0 Å². The monoisotopic (exact) mass is 375 g/mol. The minimum atomic E-state index is -1.11. The Bertz CT molecular complexity index is 949. The van der Waals surface area contributed by atoms with Gasteiger partial charge in [0.05, 0.1) is 18.8 Å². The number of aromatic nitrogens is 5. The summed E-state index contributed by atoms with van der Waals surface area (Å²) in [6.07, 6.45) is 4.40. The largest absolute Gasteiger partial charge is 0.494 e. The number of methoxy groups -OCH3 is 1. The summed E-state index contributed by atoms with van der Waals surface area (Å²) in [6, 6.07) is 2.07. The molecule has 27 heavy (non-hydrogen) atoms. The highest BCUT2D eigenvalue weighted by atomic mass is 19.2. The number of halogens is 2. The average Bonchev–Trinajstić information content (AvgIpc) is 3.15. The minimum Gasteiger partial charge on any atom is -0.494 e. The molecule has 0 aliphatic carbocycles. The van der Waals surface area contributed by atoms with Crippen molar-refractivity contribution in [2.75, 3.05) is 12.4 Å². The van der Waals surface area contributed by atoms with Gasteiger partial charge in [-0.3, -0.25) is 0 Å². The molecular formula is C16H15F2N7O2. The van der Waals surface area contributed by atoms with Crippen LogP contribution >= 0.6 is 0 Å². The quantitative estimate of drug-likeness (QED) is 0.708. The Labute approximate surface area is 152 Å². The molecule has 0 fully saturated rings. The van der Waals surface area contributed by atoms with E-state index >= 15 is 0 Å². The maximum absolute atomic E-state index is 13.4. The van der Waals surface area contributed by atoms with Gasteiger partial charge in [-0.1, -0.05) is 0 Å². The molecule has 0 unspecified atom stereocenters. The van der Waals surface area contributed by atoms with Gasteiger partial charge < -0.3 is 15.4 Å². The van der Waals surface area contributed by atoms with Crippen molar-refractivity contribution in [1.82, 2.24) is 30.0 Å². The van der Waals surface area contributed by atoms with Crippen molar-refractivity contribution in [2.24, 2.45) is 0 Å². The number of hydrogen-bond acceptors (Lipinski definition) is 6. The highest BCUT2D eigenvalue weighted by molar-refractivity contribution is 5.91. The van der Waals surface area contributed by atoms with E-state index in [1.54, 1.807) is 25.4 Å². The fraction of sp³-hybridized carbons (Fsp3) is 0.188. The van der Waals surface area contributed by atoms with Crippen molar-refractivity contribution >= 4 is 11.7 Å². The zero-order chi connectivity index (χ0) is 19.4. The molecule has 0 aliphatic heterocycles. The van der Waals surface area contributed by atoms with E-state index in [1.165, 1.54) is 18.1 Å². The number of hydrogen-bond donors (Lipinski definition) is 2. The number of urea groups is 1. The second kappa shape index (κ2) is 7.72. The Balaban J connectivity index is 1.74. The van der Waals surface area contributed by atoms with E-state index in [4.69, 9.17) is 4.74 Å². The molecule has 11 heteroatoms. The predicted molar refractivity (Wildman–Crippen MR) is 90.4 cm³/mol. The highest BCUT2D eigenvalue weighted by Crippen LogP contribution is 2.27. The summed E-state index contributed by atoms with van der Waals surface area (Å²) in [6.45, 7) is 1.67. The Hall–Kier alpha value is -3.63. The normalized spacial score (nSPS) is 11.7. The van der Waals surface area contributed by atoms with Gasteiger partial charge in [-0.05, 0) is 13.0 Å². The molecule has 0 aliphatic rings. The summed E-state index contributed by atoms with van der Waals surface area (Å²) < 4.78 is 33.0. The molecule has 0 bridgehead atoms. The van der Waals surface area contributed by atoms with Gasteiger partial charge >= 0.3 is 6.03 Å². The SMILES string of the molecule is COc1cc(F)c(F)cc1NC(=O)N[C@@H](C)c1ncnn1-c1ncccn1. The Morgan fingerprint density at radius 3 is 2.59 bits per heavy atom. The van der Waals surface area contributed by atoms with Crippen LogP contribution in [0.25, 0.3) is 5.95 Å². The van der Waals surface area contributed by atoms with Gasteiger partial charge in [0.25, 0.3) is 5.95 Å². The van der Waals surface area contributed by atoms with Crippen molar-refractivity contribution in [3.05, 3.63) is 54.4 Å². The van der Waals surface area contributed by atoms with Crippen LogP contribution in [0.3, 0.4) is 0 Å². The summed E-state index contributed by atoms with van der Waals surface area (Å²) in [5.41, 5.74) is -0.0195.